The fraction of sp³-hybridized carbons (Fsp3) is 0.714. The predicted molar refractivity (Wildman–Crippen MR) is 107 cm³/mol. The fourth-order valence-corrected chi connectivity index (χ4v) is 6.37. The molecule has 0 spiro atoms. The van der Waals surface area contributed by atoms with E-state index in [0.717, 1.165) is 51.1 Å². The van der Waals surface area contributed by atoms with Crippen LogP contribution in [0.1, 0.15) is 50.3 Å². The van der Waals surface area contributed by atoms with E-state index in [9.17, 15) is 8.42 Å². The van der Waals surface area contributed by atoms with Gasteiger partial charge in [0.2, 0.25) is 10.0 Å². The molecule has 0 bridgehead atoms. The Morgan fingerprint density at radius 2 is 2.07 bits per heavy atom. The number of hydrogen-bond acceptors (Lipinski definition) is 4. The summed E-state index contributed by atoms with van der Waals surface area (Å²) < 4.78 is 32.3. The van der Waals surface area contributed by atoms with Gasteiger partial charge in [0.15, 0.2) is 0 Å². The lowest BCUT2D eigenvalue weighted by Gasteiger charge is -2.51. The standard InChI is InChI=1S/C21H32N2O3S/c1-15(2)14-26-18-6-7-19-16(11-18)8-10-22-13-17-5-4-9-23(27(3,24)25)20(17)12-21(19)22/h6-7,11,15,17,20-21H,4-5,8-10,12-14H2,1-3H3/t17-,20+,21-/m1/s1. The molecule has 150 valence electrons. The number of piperidine rings is 2. The summed E-state index contributed by atoms with van der Waals surface area (Å²) in [5, 5.41) is 0. The smallest absolute Gasteiger partial charge is 0.211 e. The molecule has 0 unspecified atom stereocenters. The van der Waals surface area contributed by atoms with Crippen molar-refractivity contribution in [3.8, 4) is 5.75 Å². The number of fused-ring (bicyclic) bond motifs is 4. The average Bonchev–Trinajstić information content (AvgIpc) is 2.63. The van der Waals surface area contributed by atoms with Gasteiger partial charge < -0.3 is 4.74 Å². The molecule has 0 radical (unpaired) electrons. The second kappa shape index (κ2) is 7.37. The number of ether oxygens (including phenoxy) is 1. The molecular formula is C21H32N2O3S. The summed E-state index contributed by atoms with van der Waals surface area (Å²) in [6.07, 6.45) is 5.47. The molecule has 0 aliphatic carbocycles. The van der Waals surface area contributed by atoms with Crippen LogP contribution in [0.15, 0.2) is 18.2 Å². The lowest BCUT2D eigenvalue weighted by molar-refractivity contribution is 0.0222. The van der Waals surface area contributed by atoms with E-state index in [2.05, 4.69) is 36.9 Å². The highest BCUT2D eigenvalue weighted by Crippen LogP contribution is 2.44. The van der Waals surface area contributed by atoms with Gasteiger partial charge in [-0.25, -0.2) is 8.42 Å². The summed E-state index contributed by atoms with van der Waals surface area (Å²) >= 11 is 0. The quantitative estimate of drug-likeness (QED) is 0.790. The van der Waals surface area contributed by atoms with Crippen molar-refractivity contribution in [2.45, 2.75) is 51.6 Å². The van der Waals surface area contributed by atoms with Crippen LogP contribution in [0.3, 0.4) is 0 Å². The first kappa shape index (κ1) is 19.2. The topological polar surface area (TPSA) is 49.9 Å². The molecule has 2 saturated heterocycles. The van der Waals surface area contributed by atoms with Crippen LogP contribution >= 0.6 is 0 Å². The monoisotopic (exact) mass is 392 g/mol. The Labute approximate surface area is 163 Å². The molecule has 2 fully saturated rings. The van der Waals surface area contributed by atoms with E-state index in [1.807, 2.05) is 0 Å². The Kier molecular flexibility index (Phi) is 5.25. The Bertz CT molecular complexity index is 793. The molecule has 0 N–H and O–H groups in total. The molecule has 4 rings (SSSR count). The van der Waals surface area contributed by atoms with Crippen molar-refractivity contribution in [3.63, 3.8) is 0 Å². The highest BCUT2D eigenvalue weighted by Gasteiger charge is 2.44. The average molecular weight is 393 g/mol. The molecule has 5 nitrogen and oxygen atoms in total. The van der Waals surface area contributed by atoms with Crippen molar-refractivity contribution in [1.29, 1.82) is 0 Å². The lowest BCUT2D eigenvalue weighted by Crippen LogP contribution is -2.57. The maximum atomic E-state index is 12.3. The fourth-order valence-electron chi connectivity index (χ4n) is 5.15. The Morgan fingerprint density at radius 3 is 2.81 bits per heavy atom. The highest BCUT2D eigenvalue weighted by atomic mass is 32.2. The molecule has 3 atom stereocenters. The predicted octanol–water partition coefficient (Wildman–Crippen LogP) is 3.06. The van der Waals surface area contributed by atoms with Crippen LogP contribution in [-0.2, 0) is 16.4 Å². The van der Waals surface area contributed by atoms with Gasteiger partial charge in [0, 0.05) is 31.7 Å². The molecule has 27 heavy (non-hydrogen) atoms. The lowest BCUT2D eigenvalue weighted by atomic mass is 9.77. The van der Waals surface area contributed by atoms with Crippen molar-refractivity contribution in [3.05, 3.63) is 29.3 Å². The minimum absolute atomic E-state index is 0.151. The van der Waals surface area contributed by atoms with Gasteiger partial charge in [0.1, 0.15) is 5.75 Å². The van der Waals surface area contributed by atoms with Crippen LogP contribution in [-0.4, -0.2) is 56.2 Å². The third-order valence-corrected chi connectivity index (χ3v) is 7.70. The molecule has 6 heteroatoms. The zero-order chi connectivity index (χ0) is 19.2. The van der Waals surface area contributed by atoms with E-state index in [4.69, 9.17) is 4.74 Å². The number of hydrogen-bond donors (Lipinski definition) is 0. The second-order valence-electron chi connectivity index (χ2n) is 8.91. The van der Waals surface area contributed by atoms with Crippen molar-refractivity contribution in [1.82, 2.24) is 9.21 Å². The van der Waals surface area contributed by atoms with Gasteiger partial charge in [-0.3, -0.25) is 4.90 Å². The molecule has 3 heterocycles. The first-order chi connectivity index (χ1) is 12.8. The second-order valence-corrected chi connectivity index (χ2v) is 10.8. The number of rotatable bonds is 4. The summed E-state index contributed by atoms with van der Waals surface area (Å²) in [6, 6.07) is 6.99. The van der Waals surface area contributed by atoms with Gasteiger partial charge in [0.05, 0.1) is 12.9 Å². The summed E-state index contributed by atoms with van der Waals surface area (Å²) in [5.74, 6) is 1.94. The van der Waals surface area contributed by atoms with E-state index in [1.165, 1.54) is 17.4 Å². The van der Waals surface area contributed by atoms with E-state index >= 15 is 0 Å². The van der Waals surface area contributed by atoms with Gasteiger partial charge in [-0.2, -0.15) is 4.31 Å². The molecular weight excluding hydrogens is 360 g/mol. The normalized spacial score (nSPS) is 29.1. The number of nitrogens with zero attached hydrogens (tertiary/aromatic N) is 2. The van der Waals surface area contributed by atoms with E-state index < -0.39 is 10.0 Å². The van der Waals surface area contributed by atoms with Crippen LogP contribution in [0.25, 0.3) is 0 Å². The van der Waals surface area contributed by atoms with Gasteiger partial charge in [0.25, 0.3) is 0 Å². The van der Waals surface area contributed by atoms with Gasteiger partial charge in [-0.15, -0.1) is 0 Å². The summed E-state index contributed by atoms with van der Waals surface area (Å²) in [6.45, 7) is 7.82. The third-order valence-electron chi connectivity index (χ3n) is 6.39. The van der Waals surface area contributed by atoms with E-state index in [0.29, 0.717) is 24.4 Å². The molecule has 0 saturated carbocycles. The summed E-state index contributed by atoms with van der Waals surface area (Å²) in [4.78, 5) is 2.59. The first-order valence-corrected chi connectivity index (χ1v) is 12.1. The van der Waals surface area contributed by atoms with Crippen molar-refractivity contribution in [2.75, 3.05) is 32.5 Å². The van der Waals surface area contributed by atoms with Crippen molar-refractivity contribution >= 4 is 10.0 Å². The Morgan fingerprint density at radius 1 is 1.26 bits per heavy atom. The molecule has 0 aromatic heterocycles. The van der Waals surface area contributed by atoms with Crippen molar-refractivity contribution in [2.24, 2.45) is 11.8 Å². The maximum absolute atomic E-state index is 12.3. The minimum Gasteiger partial charge on any atom is -0.493 e. The number of benzene rings is 1. The summed E-state index contributed by atoms with van der Waals surface area (Å²) in [5.41, 5.74) is 2.74. The van der Waals surface area contributed by atoms with Crippen LogP contribution in [0.5, 0.6) is 5.75 Å². The Balaban J connectivity index is 1.57. The Hall–Kier alpha value is -1.11. The largest absolute Gasteiger partial charge is 0.493 e. The van der Waals surface area contributed by atoms with E-state index in [-0.39, 0.29) is 6.04 Å². The molecule has 1 aromatic rings. The van der Waals surface area contributed by atoms with Crippen LogP contribution in [0.2, 0.25) is 0 Å². The van der Waals surface area contributed by atoms with Crippen LogP contribution in [0, 0.1) is 11.8 Å². The molecule has 3 aliphatic rings. The maximum Gasteiger partial charge on any atom is 0.211 e. The highest BCUT2D eigenvalue weighted by molar-refractivity contribution is 7.88. The minimum atomic E-state index is -3.14. The third kappa shape index (κ3) is 3.89. The zero-order valence-corrected chi connectivity index (χ0v) is 17.5. The van der Waals surface area contributed by atoms with Gasteiger partial charge in [-0.05, 0) is 60.8 Å². The zero-order valence-electron chi connectivity index (χ0n) is 16.7. The van der Waals surface area contributed by atoms with Gasteiger partial charge >= 0.3 is 0 Å². The van der Waals surface area contributed by atoms with Crippen LogP contribution in [0.4, 0.5) is 0 Å². The number of sulfonamides is 1. The molecule has 3 aliphatic heterocycles. The molecule has 1 aromatic carbocycles. The molecule has 0 amide bonds. The first-order valence-electron chi connectivity index (χ1n) is 10.3. The van der Waals surface area contributed by atoms with Gasteiger partial charge in [-0.1, -0.05) is 19.9 Å². The SMILES string of the molecule is CC(C)COc1ccc2c(c1)CCN1C[C@H]3CCCN(S(C)(=O)=O)[C@H]3C[C@H]21. The summed E-state index contributed by atoms with van der Waals surface area (Å²) in [7, 11) is -3.14. The van der Waals surface area contributed by atoms with Crippen molar-refractivity contribution < 1.29 is 13.2 Å². The van der Waals surface area contributed by atoms with Crippen LogP contribution < -0.4 is 4.74 Å². The van der Waals surface area contributed by atoms with E-state index in [1.54, 1.807) is 4.31 Å².